The Bertz CT molecular complexity index is 132. The van der Waals surface area contributed by atoms with Gasteiger partial charge >= 0.3 is 0 Å². The van der Waals surface area contributed by atoms with Gasteiger partial charge < -0.3 is 10.0 Å². The normalized spacial score (nSPS) is 24.2. The molecule has 1 saturated heterocycles. The summed E-state index contributed by atoms with van der Waals surface area (Å²) >= 11 is 4.21. The van der Waals surface area contributed by atoms with E-state index in [-0.39, 0.29) is 5.41 Å². The fraction of sp³-hybridized carbons (Fsp3) is 1.00. The zero-order valence-corrected chi connectivity index (χ0v) is 8.69. The second kappa shape index (κ2) is 4.49. The van der Waals surface area contributed by atoms with Gasteiger partial charge in [-0.15, -0.1) is 0 Å². The van der Waals surface area contributed by atoms with Crippen molar-refractivity contribution in [1.29, 1.82) is 0 Å². The molecule has 0 aromatic rings. The quantitative estimate of drug-likeness (QED) is 0.647. The summed E-state index contributed by atoms with van der Waals surface area (Å²) in [4.78, 5) is 2.42. The van der Waals surface area contributed by atoms with Crippen molar-refractivity contribution in [2.24, 2.45) is 5.41 Å². The highest BCUT2D eigenvalue weighted by atomic mass is 32.1. The van der Waals surface area contributed by atoms with Gasteiger partial charge in [0.1, 0.15) is 0 Å². The van der Waals surface area contributed by atoms with E-state index >= 15 is 0 Å². The van der Waals surface area contributed by atoms with E-state index < -0.39 is 0 Å². The van der Waals surface area contributed by atoms with Crippen LogP contribution in [-0.2, 0) is 0 Å². The lowest BCUT2D eigenvalue weighted by molar-refractivity contribution is 0.0614. The third-order valence-electron chi connectivity index (χ3n) is 2.86. The summed E-state index contributed by atoms with van der Waals surface area (Å²) in [6.07, 6.45) is 2.24. The predicted molar refractivity (Wildman–Crippen MR) is 54.7 cm³/mol. The Hall–Kier alpha value is 0.270. The Balaban J connectivity index is 2.29. The van der Waals surface area contributed by atoms with Crippen molar-refractivity contribution >= 4 is 12.6 Å². The first-order chi connectivity index (χ1) is 5.70. The molecular weight excluding hydrogens is 170 g/mol. The van der Waals surface area contributed by atoms with Crippen molar-refractivity contribution < 1.29 is 5.11 Å². The third-order valence-corrected chi connectivity index (χ3v) is 3.06. The van der Waals surface area contributed by atoms with Crippen molar-refractivity contribution in [1.82, 2.24) is 4.90 Å². The number of thiol groups is 1. The highest BCUT2D eigenvalue weighted by Gasteiger charge is 2.28. The Morgan fingerprint density at radius 2 is 2.00 bits per heavy atom. The van der Waals surface area contributed by atoms with E-state index in [9.17, 15) is 0 Å². The van der Waals surface area contributed by atoms with Crippen LogP contribution in [0, 0.1) is 5.41 Å². The van der Waals surface area contributed by atoms with E-state index in [4.69, 9.17) is 5.11 Å². The molecule has 0 amide bonds. The second-order valence-electron chi connectivity index (χ2n) is 4.03. The first-order valence-corrected chi connectivity index (χ1v) is 5.27. The number of nitrogens with zero attached hydrogens (tertiary/aromatic N) is 1. The summed E-state index contributed by atoms with van der Waals surface area (Å²) < 4.78 is 0. The number of rotatable bonds is 3. The molecule has 0 bridgehead atoms. The minimum Gasteiger partial charge on any atom is -0.396 e. The maximum Gasteiger partial charge on any atom is 0.0485 e. The average Bonchev–Trinajstić information content (AvgIpc) is 2.10. The largest absolute Gasteiger partial charge is 0.396 e. The lowest BCUT2D eigenvalue weighted by Crippen LogP contribution is -2.41. The van der Waals surface area contributed by atoms with Gasteiger partial charge in [-0.3, -0.25) is 0 Å². The molecule has 1 rings (SSSR count). The van der Waals surface area contributed by atoms with Crippen LogP contribution >= 0.6 is 12.6 Å². The Morgan fingerprint density at radius 3 is 2.42 bits per heavy atom. The molecule has 12 heavy (non-hydrogen) atoms. The number of hydrogen-bond donors (Lipinski definition) is 2. The molecule has 1 heterocycles. The van der Waals surface area contributed by atoms with Crippen LogP contribution in [-0.4, -0.2) is 42.0 Å². The molecule has 1 aliphatic heterocycles. The van der Waals surface area contributed by atoms with E-state index in [0.717, 1.165) is 38.2 Å². The van der Waals surface area contributed by atoms with Crippen molar-refractivity contribution in [2.45, 2.75) is 19.8 Å². The minimum atomic E-state index is 0.188. The molecule has 1 N–H and O–H groups in total. The Labute approximate surface area is 80.4 Å². The standard InChI is InChI=1S/C9H19NOS/c1-9(8-11)2-4-10(5-3-9)6-7-12/h11-12H,2-8H2,1H3. The molecule has 1 aliphatic rings. The first-order valence-electron chi connectivity index (χ1n) is 4.64. The summed E-state index contributed by atoms with van der Waals surface area (Å²) in [5.41, 5.74) is 0.188. The van der Waals surface area contributed by atoms with Crippen LogP contribution in [0.3, 0.4) is 0 Å². The van der Waals surface area contributed by atoms with E-state index in [1.807, 2.05) is 0 Å². The monoisotopic (exact) mass is 189 g/mol. The minimum absolute atomic E-state index is 0.188. The van der Waals surface area contributed by atoms with Gasteiger partial charge in [-0.1, -0.05) is 6.92 Å². The van der Waals surface area contributed by atoms with Gasteiger partial charge in [-0.25, -0.2) is 0 Å². The lowest BCUT2D eigenvalue weighted by Gasteiger charge is -2.37. The van der Waals surface area contributed by atoms with Crippen LogP contribution in [0.15, 0.2) is 0 Å². The van der Waals surface area contributed by atoms with Gasteiger partial charge in [0.25, 0.3) is 0 Å². The predicted octanol–water partition coefficient (Wildman–Crippen LogP) is 1.01. The molecule has 0 aliphatic carbocycles. The van der Waals surface area contributed by atoms with Crippen molar-refractivity contribution in [3.63, 3.8) is 0 Å². The van der Waals surface area contributed by atoms with Crippen molar-refractivity contribution in [3.05, 3.63) is 0 Å². The van der Waals surface area contributed by atoms with Crippen LogP contribution in [0.25, 0.3) is 0 Å². The summed E-state index contributed by atoms with van der Waals surface area (Å²) in [5.74, 6) is 0.940. The zero-order valence-electron chi connectivity index (χ0n) is 7.79. The number of piperidine rings is 1. The average molecular weight is 189 g/mol. The van der Waals surface area contributed by atoms with Gasteiger partial charge in [-0.05, 0) is 31.3 Å². The van der Waals surface area contributed by atoms with Crippen LogP contribution in [0.5, 0.6) is 0 Å². The highest BCUT2D eigenvalue weighted by molar-refractivity contribution is 7.80. The number of hydrogen-bond acceptors (Lipinski definition) is 3. The van der Waals surface area contributed by atoms with Crippen molar-refractivity contribution in [2.75, 3.05) is 32.0 Å². The van der Waals surface area contributed by atoms with E-state index in [1.165, 1.54) is 0 Å². The van der Waals surface area contributed by atoms with Gasteiger partial charge in [0.15, 0.2) is 0 Å². The van der Waals surface area contributed by atoms with Gasteiger partial charge in [-0.2, -0.15) is 12.6 Å². The van der Waals surface area contributed by atoms with Crippen LogP contribution in [0.2, 0.25) is 0 Å². The maximum atomic E-state index is 9.13. The number of likely N-dealkylation sites (tertiary alicyclic amines) is 1. The van der Waals surface area contributed by atoms with Crippen LogP contribution in [0.4, 0.5) is 0 Å². The smallest absolute Gasteiger partial charge is 0.0485 e. The van der Waals surface area contributed by atoms with E-state index in [2.05, 4.69) is 24.5 Å². The molecule has 0 saturated carbocycles. The molecule has 2 nitrogen and oxygen atoms in total. The molecule has 0 unspecified atom stereocenters. The molecule has 3 heteroatoms. The molecule has 0 aromatic carbocycles. The molecule has 0 spiro atoms. The van der Waals surface area contributed by atoms with Gasteiger partial charge in [0.2, 0.25) is 0 Å². The van der Waals surface area contributed by atoms with Crippen LogP contribution in [0.1, 0.15) is 19.8 Å². The molecule has 1 fully saturated rings. The van der Waals surface area contributed by atoms with E-state index in [0.29, 0.717) is 6.61 Å². The summed E-state index contributed by atoms with van der Waals surface area (Å²) in [7, 11) is 0. The maximum absolute atomic E-state index is 9.13. The molecule has 0 radical (unpaired) electrons. The topological polar surface area (TPSA) is 23.5 Å². The van der Waals surface area contributed by atoms with Gasteiger partial charge in [0, 0.05) is 18.9 Å². The van der Waals surface area contributed by atoms with Crippen molar-refractivity contribution in [3.8, 4) is 0 Å². The fourth-order valence-electron chi connectivity index (χ4n) is 1.62. The van der Waals surface area contributed by atoms with Crippen LogP contribution < -0.4 is 0 Å². The molecule has 72 valence electrons. The van der Waals surface area contributed by atoms with E-state index in [1.54, 1.807) is 0 Å². The Morgan fingerprint density at radius 1 is 1.42 bits per heavy atom. The second-order valence-corrected chi connectivity index (χ2v) is 4.48. The zero-order chi connectivity index (χ0) is 9.03. The molecule has 0 aromatic heterocycles. The summed E-state index contributed by atoms with van der Waals surface area (Å²) in [5, 5.41) is 9.13. The first kappa shape index (κ1) is 10.4. The molecule has 0 atom stereocenters. The number of aliphatic hydroxyl groups is 1. The fourth-order valence-corrected chi connectivity index (χ4v) is 1.90. The van der Waals surface area contributed by atoms with Gasteiger partial charge in [0.05, 0.1) is 0 Å². The number of aliphatic hydroxyl groups excluding tert-OH is 1. The summed E-state index contributed by atoms with van der Waals surface area (Å²) in [6.45, 7) is 5.84. The third kappa shape index (κ3) is 2.64. The Kier molecular flexibility index (Phi) is 3.87. The summed E-state index contributed by atoms with van der Waals surface area (Å²) in [6, 6.07) is 0. The molecular formula is C9H19NOS. The SMILES string of the molecule is CC1(CO)CCN(CCS)CC1. The highest BCUT2D eigenvalue weighted by Crippen LogP contribution is 2.29. The lowest BCUT2D eigenvalue weighted by atomic mass is 9.81.